The number of aryl methyl sites for hydroxylation is 2. The number of carbonyl (C=O) groups excluding carboxylic acids is 2. The fourth-order valence-electron chi connectivity index (χ4n) is 4.26. The number of methoxy groups -OCH3 is 1. The number of nitro groups is 1. The lowest BCUT2D eigenvalue weighted by Gasteiger charge is -2.32. The molecule has 218 valence electrons. The Morgan fingerprint density at radius 1 is 1.05 bits per heavy atom. The molecule has 2 amide bonds. The van der Waals surface area contributed by atoms with Crippen molar-refractivity contribution in [3.05, 3.63) is 93.5 Å². The number of nitrogens with zero attached hydrogens (tertiary/aromatic N) is 3. The minimum Gasteiger partial charge on any atom is -0.497 e. The Morgan fingerprint density at radius 3 is 2.32 bits per heavy atom. The predicted molar refractivity (Wildman–Crippen MR) is 155 cm³/mol. The molecule has 0 saturated heterocycles. The van der Waals surface area contributed by atoms with Gasteiger partial charge in [0.1, 0.15) is 18.3 Å². The van der Waals surface area contributed by atoms with Gasteiger partial charge in [0, 0.05) is 24.7 Å². The van der Waals surface area contributed by atoms with Crippen LogP contribution in [0.3, 0.4) is 0 Å². The number of hydrogen-bond acceptors (Lipinski definition) is 7. The van der Waals surface area contributed by atoms with Crippen LogP contribution in [0.4, 0.5) is 11.4 Å². The van der Waals surface area contributed by atoms with Gasteiger partial charge >= 0.3 is 0 Å². The molecule has 0 aliphatic carbocycles. The molecular formula is C29H34N4O7S. The van der Waals surface area contributed by atoms with Crippen molar-refractivity contribution in [3.63, 3.8) is 0 Å². The lowest BCUT2D eigenvalue weighted by molar-refractivity contribution is -0.385. The summed E-state index contributed by atoms with van der Waals surface area (Å²) in [7, 11) is -3.01. The molecule has 0 heterocycles. The number of rotatable bonds is 12. The molecule has 41 heavy (non-hydrogen) atoms. The van der Waals surface area contributed by atoms with Crippen LogP contribution in [0, 0.1) is 24.0 Å². The molecule has 0 fully saturated rings. The van der Waals surface area contributed by atoms with Crippen molar-refractivity contribution in [2.45, 2.75) is 45.2 Å². The van der Waals surface area contributed by atoms with Crippen LogP contribution in [-0.4, -0.2) is 56.3 Å². The summed E-state index contributed by atoms with van der Waals surface area (Å²) in [5, 5.41) is 14.3. The molecule has 12 heteroatoms. The normalized spacial score (nSPS) is 11.8. The molecule has 0 saturated carbocycles. The van der Waals surface area contributed by atoms with E-state index in [9.17, 15) is 28.1 Å². The fraction of sp³-hybridized carbons (Fsp3) is 0.310. The van der Waals surface area contributed by atoms with Crippen LogP contribution in [0.15, 0.2) is 71.6 Å². The van der Waals surface area contributed by atoms with E-state index >= 15 is 0 Å². The summed E-state index contributed by atoms with van der Waals surface area (Å²) in [5.41, 5.74) is 1.80. The van der Waals surface area contributed by atoms with Gasteiger partial charge in [0.15, 0.2) is 0 Å². The SMILES string of the molecule is CCNC(=O)[C@H](C)N(Cc1cccc(C)c1)C(=O)CN(c1ccc(OC)cc1)S(=O)(=O)c1ccc(C)c([N+](=O)[O-])c1. The number of benzene rings is 3. The first-order chi connectivity index (χ1) is 19.4. The molecule has 0 unspecified atom stereocenters. The highest BCUT2D eigenvalue weighted by atomic mass is 32.2. The second kappa shape index (κ2) is 13.3. The van der Waals surface area contributed by atoms with Crippen molar-refractivity contribution in [2.75, 3.05) is 24.5 Å². The van der Waals surface area contributed by atoms with Gasteiger partial charge in [-0.15, -0.1) is 0 Å². The lowest BCUT2D eigenvalue weighted by Crippen LogP contribution is -2.51. The van der Waals surface area contributed by atoms with Gasteiger partial charge in [-0.1, -0.05) is 35.9 Å². The minimum absolute atomic E-state index is 0.0608. The van der Waals surface area contributed by atoms with Gasteiger partial charge in [-0.25, -0.2) is 8.42 Å². The molecule has 1 atom stereocenters. The van der Waals surface area contributed by atoms with Crippen LogP contribution in [0.5, 0.6) is 5.75 Å². The van der Waals surface area contributed by atoms with Crippen molar-refractivity contribution in [1.82, 2.24) is 10.2 Å². The van der Waals surface area contributed by atoms with Crippen LogP contribution in [0.2, 0.25) is 0 Å². The van der Waals surface area contributed by atoms with Crippen LogP contribution in [-0.2, 0) is 26.2 Å². The maximum Gasteiger partial charge on any atom is 0.273 e. The van der Waals surface area contributed by atoms with Crippen molar-refractivity contribution >= 4 is 33.2 Å². The molecule has 11 nitrogen and oxygen atoms in total. The lowest BCUT2D eigenvalue weighted by atomic mass is 10.1. The van der Waals surface area contributed by atoms with Crippen molar-refractivity contribution in [1.29, 1.82) is 0 Å². The first kappa shape index (κ1) is 31.1. The zero-order valence-corrected chi connectivity index (χ0v) is 24.5. The summed E-state index contributed by atoms with van der Waals surface area (Å²) >= 11 is 0. The number of carbonyl (C=O) groups is 2. The maximum absolute atomic E-state index is 14.0. The van der Waals surface area contributed by atoms with Crippen molar-refractivity contribution in [3.8, 4) is 5.75 Å². The van der Waals surface area contributed by atoms with E-state index in [1.54, 1.807) is 26.0 Å². The number of likely N-dealkylation sites (N-methyl/N-ethyl adjacent to an activating group) is 1. The zero-order valence-electron chi connectivity index (χ0n) is 23.7. The molecule has 1 N–H and O–H groups in total. The average molecular weight is 583 g/mol. The van der Waals surface area contributed by atoms with E-state index in [1.165, 1.54) is 43.2 Å². The van der Waals surface area contributed by atoms with Gasteiger partial charge in [0.05, 0.1) is 22.6 Å². The Morgan fingerprint density at radius 2 is 1.73 bits per heavy atom. The van der Waals surface area contributed by atoms with E-state index in [-0.39, 0.29) is 28.7 Å². The Balaban J connectivity index is 2.09. The highest BCUT2D eigenvalue weighted by molar-refractivity contribution is 7.92. The summed E-state index contributed by atoms with van der Waals surface area (Å²) in [4.78, 5) is 38.6. The highest BCUT2D eigenvalue weighted by Gasteiger charge is 2.33. The largest absolute Gasteiger partial charge is 0.497 e. The summed E-state index contributed by atoms with van der Waals surface area (Å²) in [6, 6.07) is 16.2. The first-order valence-corrected chi connectivity index (χ1v) is 14.4. The van der Waals surface area contributed by atoms with Crippen LogP contribution in [0.25, 0.3) is 0 Å². The van der Waals surface area contributed by atoms with E-state index in [1.807, 2.05) is 31.2 Å². The zero-order chi connectivity index (χ0) is 30.3. The van der Waals surface area contributed by atoms with Crippen LogP contribution in [0.1, 0.15) is 30.5 Å². The van der Waals surface area contributed by atoms with E-state index in [4.69, 9.17) is 4.74 Å². The van der Waals surface area contributed by atoms with Gasteiger partial charge in [-0.3, -0.25) is 24.0 Å². The Labute approximate surface area is 239 Å². The molecule has 3 aromatic rings. The average Bonchev–Trinajstić information content (AvgIpc) is 2.94. The van der Waals surface area contributed by atoms with E-state index in [0.717, 1.165) is 21.5 Å². The number of sulfonamides is 1. The summed E-state index contributed by atoms with van der Waals surface area (Å²) < 4.78 is 34.0. The number of hydrogen-bond donors (Lipinski definition) is 1. The summed E-state index contributed by atoms with van der Waals surface area (Å²) in [5.74, 6) is -0.554. The highest BCUT2D eigenvalue weighted by Crippen LogP contribution is 2.29. The van der Waals surface area contributed by atoms with Gasteiger partial charge < -0.3 is 15.0 Å². The molecule has 0 bridgehead atoms. The standard InChI is InChI=1S/C29H34N4O7S/c1-6-30-29(35)22(4)31(18-23-9-7-8-20(2)16-23)28(34)19-32(24-11-13-25(40-5)14-12-24)41(38,39)26-15-10-21(3)27(17-26)33(36)37/h7-17,22H,6,18-19H2,1-5H3,(H,30,35)/t22-/m0/s1. The molecular weight excluding hydrogens is 548 g/mol. The molecule has 0 aromatic heterocycles. The van der Waals surface area contributed by atoms with E-state index < -0.39 is 33.4 Å². The third-order valence-electron chi connectivity index (χ3n) is 6.56. The second-order valence-corrected chi connectivity index (χ2v) is 11.4. The quantitative estimate of drug-likeness (QED) is 0.252. The number of anilines is 1. The van der Waals surface area contributed by atoms with E-state index in [0.29, 0.717) is 17.9 Å². The van der Waals surface area contributed by atoms with Gasteiger partial charge in [0.2, 0.25) is 11.8 Å². The Kier molecular flexibility index (Phi) is 10.1. The van der Waals surface area contributed by atoms with Crippen molar-refractivity contribution < 1.29 is 27.7 Å². The fourth-order valence-corrected chi connectivity index (χ4v) is 5.70. The predicted octanol–water partition coefficient (Wildman–Crippen LogP) is 3.97. The molecule has 0 aliphatic rings. The number of nitro benzene ring substituents is 1. The monoisotopic (exact) mass is 582 g/mol. The van der Waals surface area contributed by atoms with E-state index in [2.05, 4.69) is 5.32 Å². The Bertz CT molecular complexity index is 1520. The summed E-state index contributed by atoms with van der Waals surface area (Å²) in [6.45, 7) is 6.50. The molecule has 0 radical (unpaired) electrons. The number of amides is 2. The van der Waals surface area contributed by atoms with Crippen LogP contribution >= 0.6 is 0 Å². The molecule has 3 rings (SSSR count). The third-order valence-corrected chi connectivity index (χ3v) is 8.33. The smallest absolute Gasteiger partial charge is 0.273 e. The molecule has 0 spiro atoms. The Hall–Kier alpha value is -4.45. The molecule has 3 aromatic carbocycles. The number of ether oxygens (including phenoxy) is 1. The van der Waals surface area contributed by atoms with Crippen molar-refractivity contribution in [2.24, 2.45) is 0 Å². The van der Waals surface area contributed by atoms with Crippen LogP contribution < -0.4 is 14.4 Å². The third kappa shape index (κ3) is 7.40. The number of nitrogens with one attached hydrogen (secondary N) is 1. The maximum atomic E-state index is 14.0. The van der Waals surface area contributed by atoms with Gasteiger partial charge in [-0.2, -0.15) is 0 Å². The topological polar surface area (TPSA) is 139 Å². The second-order valence-electron chi connectivity index (χ2n) is 9.50. The summed E-state index contributed by atoms with van der Waals surface area (Å²) in [6.07, 6.45) is 0. The minimum atomic E-state index is -4.47. The van der Waals surface area contributed by atoms with Gasteiger partial charge in [0.25, 0.3) is 15.7 Å². The van der Waals surface area contributed by atoms with Gasteiger partial charge in [-0.05, 0) is 63.6 Å². The first-order valence-electron chi connectivity index (χ1n) is 12.9. The molecule has 0 aliphatic heterocycles.